The minimum atomic E-state index is -5.28. The SMILES string of the molecule is CCNC(=NCCC(=O)NC(C)CC)NC1CCN(S(=O)(=O)C(F)(F)F)CC1.I. The van der Waals surface area contributed by atoms with E-state index in [-0.39, 0.29) is 80.9 Å². The van der Waals surface area contributed by atoms with Gasteiger partial charge in [0.25, 0.3) is 0 Å². The van der Waals surface area contributed by atoms with Crippen molar-refractivity contribution >= 4 is 45.9 Å². The third kappa shape index (κ3) is 9.24. The van der Waals surface area contributed by atoms with E-state index in [1.54, 1.807) is 0 Å². The Bertz CT molecular complexity index is 638. The minimum absolute atomic E-state index is 0. The minimum Gasteiger partial charge on any atom is -0.357 e. The summed E-state index contributed by atoms with van der Waals surface area (Å²) in [6, 6.07) is -0.104. The molecule has 172 valence electrons. The van der Waals surface area contributed by atoms with Crippen LogP contribution in [0.5, 0.6) is 0 Å². The van der Waals surface area contributed by atoms with Crippen LogP contribution in [-0.4, -0.2) is 68.4 Å². The van der Waals surface area contributed by atoms with E-state index >= 15 is 0 Å². The van der Waals surface area contributed by atoms with Crippen LogP contribution in [0.15, 0.2) is 4.99 Å². The Morgan fingerprint density at radius 2 is 1.83 bits per heavy atom. The molecule has 13 heteroatoms. The van der Waals surface area contributed by atoms with Gasteiger partial charge in [0.05, 0.1) is 6.54 Å². The lowest BCUT2D eigenvalue weighted by Gasteiger charge is -2.32. The number of guanidine groups is 1. The molecule has 3 N–H and O–H groups in total. The Morgan fingerprint density at radius 3 is 2.31 bits per heavy atom. The van der Waals surface area contributed by atoms with Gasteiger partial charge in [-0.25, -0.2) is 8.42 Å². The standard InChI is InChI=1S/C16H30F3N5O3S.HI/c1-4-12(3)22-14(25)6-9-21-15(20-5-2)23-13-7-10-24(11-8-13)28(26,27)16(17,18)19;/h12-13H,4-11H2,1-3H3,(H,22,25)(H2,20,21,23);1H. The number of nitrogens with zero attached hydrogens (tertiary/aromatic N) is 2. The Labute approximate surface area is 187 Å². The molecule has 1 rings (SSSR count). The van der Waals surface area contributed by atoms with Crippen LogP contribution in [-0.2, 0) is 14.8 Å². The van der Waals surface area contributed by atoms with E-state index in [0.717, 1.165) is 6.42 Å². The molecular formula is C16H31F3IN5O3S. The summed E-state index contributed by atoms with van der Waals surface area (Å²) in [5.74, 6) is 0.357. The number of rotatable bonds is 8. The van der Waals surface area contributed by atoms with Crippen LogP contribution in [0, 0.1) is 0 Å². The zero-order chi connectivity index (χ0) is 21.4. The normalized spacial score (nSPS) is 17.9. The zero-order valence-electron chi connectivity index (χ0n) is 16.9. The first-order chi connectivity index (χ1) is 13.0. The summed E-state index contributed by atoms with van der Waals surface area (Å²) < 4.78 is 61.2. The van der Waals surface area contributed by atoms with Crippen molar-refractivity contribution in [2.45, 2.75) is 64.0 Å². The average Bonchev–Trinajstić information content (AvgIpc) is 2.61. The van der Waals surface area contributed by atoms with E-state index in [0.29, 0.717) is 16.8 Å². The highest BCUT2D eigenvalue weighted by atomic mass is 127. The number of sulfonamides is 1. The third-order valence-electron chi connectivity index (χ3n) is 4.40. The first kappa shape index (κ1) is 28.2. The van der Waals surface area contributed by atoms with Gasteiger partial charge >= 0.3 is 15.5 Å². The first-order valence-corrected chi connectivity index (χ1v) is 10.9. The predicted octanol–water partition coefficient (Wildman–Crippen LogP) is 1.78. The number of carbonyl (C=O) groups is 1. The smallest absolute Gasteiger partial charge is 0.357 e. The second-order valence-electron chi connectivity index (χ2n) is 6.66. The second-order valence-corrected chi connectivity index (χ2v) is 8.59. The number of hydrogen-bond donors (Lipinski definition) is 3. The van der Waals surface area contributed by atoms with E-state index in [1.807, 2.05) is 20.8 Å². The van der Waals surface area contributed by atoms with Crippen LogP contribution in [0.1, 0.15) is 46.5 Å². The number of carbonyl (C=O) groups excluding carboxylic acids is 1. The quantitative estimate of drug-likeness (QED) is 0.240. The topological polar surface area (TPSA) is 103 Å². The van der Waals surface area contributed by atoms with Gasteiger partial charge in [-0.05, 0) is 33.1 Å². The summed E-state index contributed by atoms with van der Waals surface area (Å²) in [7, 11) is -5.28. The molecule has 1 unspecified atom stereocenters. The fraction of sp³-hybridized carbons (Fsp3) is 0.875. The molecule has 8 nitrogen and oxygen atoms in total. The lowest BCUT2D eigenvalue weighted by atomic mass is 10.1. The van der Waals surface area contributed by atoms with Crippen molar-refractivity contribution < 1.29 is 26.4 Å². The number of nitrogens with one attached hydrogen (secondary N) is 3. The van der Waals surface area contributed by atoms with Gasteiger partial charge in [-0.1, -0.05) is 6.92 Å². The van der Waals surface area contributed by atoms with Gasteiger partial charge in [-0.2, -0.15) is 17.5 Å². The molecule has 0 spiro atoms. The lowest BCUT2D eigenvalue weighted by Crippen LogP contribution is -2.51. The number of amides is 1. The maximum Gasteiger partial charge on any atom is 0.511 e. The molecule has 0 bridgehead atoms. The van der Waals surface area contributed by atoms with Gasteiger partial charge in [0.15, 0.2) is 5.96 Å². The molecule has 0 radical (unpaired) electrons. The molecule has 1 aliphatic rings. The van der Waals surface area contributed by atoms with Crippen molar-refractivity contribution in [3.05, 3.63) is 0 Å². The van der Waals surface area contributed by atoms with Crippen molar-refractivity contribution in [1.29, 1.82) is 0 Å². The molecule has 1 fully saturated rings. The Hall–Kier alpha value is -0.830. The molecule has 1 atom stereocenters. The van der Waals surface area contributed by atoms with Crippen LogP contribution < -0.4 is 16.0 Å². The predicted molar refractivity (Wildman–Crippen MR) is 117 cm³/mol. The largest absolute Gasteiger partial charge is 0.511 e. The van der Waals surface area contributed by atoms with Gasteiger partial charge in [-0.15, -0.1) is 24.0 Å². The fourth-order valence-electron chi connectivity index (χ4n) is 2.62. The number of alkyl halides is 3. The number of hydrogen-bond acceptors (Lipinski definition) is 4. The highest BCUT2D eigenvalue weighted by Crippen LogP contribution is 2.28. The number of piperidine rings is 1. The van der Waals surface area contributed by atoms with Crippen LogP contribution >= 0.6 is 24.0 Å². The summed E-state index contributed by atoms with van der Waals surface area (Å²) in [4.78, 5) is 16.1. The van der Waals surface area contributed by atoms with Crippen LogP contribution in [0.2, 0.25) is 0 Å². The van der Waals surface area contributed by atoms with E-state index in [4.69, 9.17) is 0 Å². The fourth-order valence-corrected chi connectivity index (χ4v) is 3.60. The van der Waals surface area contributed by atoms with E-state index in [9.17, 15) is 26.4 Å². The highest BCUT2D eigenvalue weighted by molar-refractivity contribution is 14.0. The number of aliphatic imine (C=N–C) groups is 1. The van der Waals surface area contributed by atoms with Crippen LogP contribution in [0.3, 0.4) is 0 Å². The molecule has 0 aromatic carbocycles. The maximum absolute atomic E-state index is 12.6. The third-order valence-corrected chi connectivity index (χ3v) is 6.03. The first-order valence-electron chi connectivity index (χ1n) is 9.41. The molecule has 0 saturated carbocycles. The van der Waals surface area contributed by atoms with Crippen molar-refractivity contribution in [2.75, 3.05) is 26.2 Å². The summed E-state index contributed by atoms with van der Waals surface area (Å²) in [6.45, 7) is 6.17. The van der Waals surface area contributed by atoms with Crippen LogP contribution in [0.4, 0.5) is 13.2 Å². The molecule has 1 amide bonds. The highest BCUT2D eigenvalue weighted by Gasteiger charge is 2.50. The van der Waals surface area contributed by atoms with Gasteiger partial charge in [0.2, 0.25) is 5.91 Å². The van der Waals surface area contributed by atoms with Crippen molar-refractivity contribution in [3.8, 4) is 0 Å². The molecule has 1 aliphatic heterocycles. The maximum atomic E-state index is 12.6. The average molecular weight is 557 g/mol. The van der Waals surface area contributed by atoms with Gasteiger partial charge in [-0.3, -0.25) is 9.79 Å². The molecular weight excluding hydrogens is 526 g/mol. The van der Waals surface area contributed by atoms with Gasteiger partial charge in [0, 0.05) is 38.1 Å². The molecule has 0 aromatic rings. The van der Waals surface area contributed by atoms with E-state index in [1.165, 1.54) is 0 Å². The van der Waals surface area contributed by atoms with Gasteiger partial charge < -0.3 is 16.0 Å². The Kier molecular flexibility index (Phi) is 12.4. The lowest BCUT2D eigenvalue weighted by molar-refractivity contribution is -0.121. The summed E-state index contributed by atoms with van der Waals surface area (Å²) >= 11 is 0. The Morgan fingerprint density at radius 1 is 1.24 bits per heavy atom. The number of halogens is 4. The van der Waals surface area contributed by atoms with Crippen molar-refractivity contribution in [1.82, 2.24) is 20.3 Å². The van der Waals surface area contributed by atoms with Crippen molar-refractivity contribution in [3.63, 3.8) is 0 Å². The molecule has 0 aromatic heterocycles. The molecule has 29 heavy (non-hydrogen) atoms. The van der Waals surface area contributed by atoms with Crippen molar-refractivity contribution in [2.24, 2.45) is 4.99 Å². The molecule has 1 saturated heterocycles. The summed E-state index contributed by atoms with van der Waals surface area (Å²) in [5.41, 5.74) is -5.28. The monoisotopic (exact) mass is 557 g/mol. The summed E-state index contributed by atoms with van der Waals surface area (Å²) in [5, 5.41) is 8.96. The van der Waals surface area contributed by atoms with Crippen LogP contribution in [0.25, 0.3) is 0 Å². The van der Waals surface area contributed by atoms with Gasteiger partial charge in [0.1, 0.15) is 0 Å². The second kappa shape index (κ2) is 12.8. The van der Waals surface area contributed by atoms with E-state index in [2.05, 4.69) is 20.9 Å². The molecule has 1 heterocycles. The zero-order valence-corrected chi connectivity index (χ0v) is 20.0. The van der Waals surface area contributed by atoms with E-state index < -0.39 is 15.5 Å². The molecule has 0 aliphatic carbocycles. The Balaban J connectivity index is 0.00000784. The summed E-state index contributed by atoms with van der Waals surface area (Å²) in [6.07, 6.45) is 1.52.